The Labute approximate surface area is 214 Å². The van der Waals surface area contributed by atoms with E-state index in [1.807, 2.05) is 11.8 Å². The first-order valence-corrected chi connectivity index (χ1v) is 13.2. The van der Waals surface area contributed by atoms with Gasteiger partial charge in [0.25, 0.3) is 0 Å². The summed E-state index contributed by atoms with van der Waals surface area (Å²) in [5.74, 6) is 6.09. The van der Waals surface area contributed by atoms with Gasteiger partial charge in [0.15, 0.2) is 5.60 Å². The fraction of sp³-hybridized carbons (Fsp3) is 0.440. The Morgan fingerprint density at radius 2 is 1.72 bits per heavy atom. The number of hydrogen-bond acceptors (Lipinski definition) is 6. The average molecular weight is 541 g/mol. The number of benzene rings is 2. The smallest absolute Gasteiger partial charge is 0.378 e. The van der Waals surface area contributed by atoms with Gasteiger partial charge in [-0.2, -0.15) is 17.5 Å². The van der Waals surface area contributed by atoms with Crippen molar-refractivity contribution < 1.29 is 31.4 Å². The van der Waals surface area contributed by atoms with Gasteiger partial charge < -0.3 is 14.7 Å². The van der Waals surface area contributed by atoms with Crippen molar-refractivity contribution in [3.8, 4) is 11.8 Å². The van der Waals surface area contributed by atoms with E-state index in [4.69, 9.17) is 4.74 Å². The first-order chi connectivity index (χ1) is 16.7. The molecule has 2 aliphatic heterocycles. The van der Waals surface area contributed by atoms with Crippen molar-refractivity contribution >= 4 is 28.3 Å². The fourth-order valence-electron chi connectivity index (χ4n) is 4.06. The van der Waals surface area contributed by atoms with Gasteiger partial charge in [0.2, 0.25) is 10.0 Å². The van der Waals surface area contributed by atoms with Crippen molar-refractivity contribution in [3.63, 3.8) is 0 Å². The van der Waals surface area contributed by atoms with E-state index in [0.29, 0.717) is 49.4 Å². The quantitative estimate of drug-likeness (QED) is 0.458. The van der Waals surface area contributed by atoms with Crippen LogP contribution in [0.25, 0.3) is 0 Å². The Morgan fingerprint density at radius 3 is 2.28 bits per heavy atom. The van der Waals surface area contributed by atoms with Crippen molar-refractivity contribution in [1.29, 1.82) is 0 Å². The molecule has 0 saturated carbocycles. The Hall–Kier alpha value is -2.23. The largest absolute Gasteiger partial charge is 0.421 e. The molecule has 4 rings (SSSR count). The number of piperazine rings is 1. The summed E-state index contributed by atoms with van der Waals surface area (Å²) in [5, 5.41) is 10.2. The van der Waals surface area contributed by atoms with Crippen LogP contribution in [0.2, 0.25) is 0 Å². The van der Waals surface area contributed by atoms with Gasteiger partial charge in [-0.1, -0.05) is 30.0 Å². The number of thiol groups is 1. The van der Waals surface area contributed by atoms with Gasteiger partial charge in [0.1, 0.15) is 0 Å². The maximum atomic E-state index is 13.5. The zero-order valence-corrected chi connectivity index (χ0v) is 21.6. The molecule has 194 valence electrons. The molecule has 36 heavy (non-hydrogen) atoms. The van der Waals surface area contributed by atoms with Gasteiger partial charge in [0.05, 0.1) is 29.2 Å². The second-order valence-electron chi connectivity index (χ2n) is 9.46. The number of nitrogens with zero attached hydrogens (tertiary/aromatic N) is 2. The van der Waals surface area contributed by atoms with Crippen LogP contribution in [-0.4, -0.2) is 63.4 Å². The van der Waals surface area contributed by atoms with Crippen LogP contribution in [0.15, 0.2) is 52.3 Å². The van der Waals surface area contributed by atoms with Crippen molar-refractivity contribution in [1.82, 2.24) is 4.31 Å². The maximum Gasteiger partial charge on any atom is 0.421 e. The molecular weight excluding hydrogens is 513 g/mol. The van der Waals surface area contributed by atoms with E-state index < -0.39 is 27.2 Å². The molecule has 2 fully saturated rings. The maximum absolute atomic E-state index is 13.5. The summed E-state index contributed by atoms with van der Waals surface area (Å²) in [6.45, 7) is 4.48. The number of sulfonamides is 1. The van der Waals surface area contributed by atoms with Crippen molar-refractivity contribution in [3.05, 3.63) is 53.6 Å². The molecule has 11 heteroatoms. The lowest BCUT2D eigenvalue weighted by atomic mass is 9.88. The van der Waals surface area contributed by atoms with Crippen LogP contribution in [0.3, 0.4) is 0 Å². The second-order valence-corrected chi connectivity index (χ2v) is 11.9. The lowest BCUT2D eigenvalue weighted by Crippen LogP contribution is -2.49. The predicted octanol–water partition coefficient (Wildman–Crippen LogP) is 3.64. The van der Waals surface area contributed by atoms with Crippen molar-refractivity contribution in [2.24, 2.45) is 5.41 Å². The third-order valence-corrected chi connectivity index (χ3v) is 9.01. The molecule has 0 spiro atoms. The highest BCUT2D eigenvalue weighted by molar-refractivity contribution is 7.90. The van der Waals surface area contributed by atoms with Gasteiger partial charge in [-0.3, -0.25) is 0 Å². The summed E-state index contributed by atoms with van der Waals surface area (Å²) in [7, 11) is -3.75. The van der Waals surface area contributed by atoms with Crippen LogP contribution < -0.4 is 4.90 Å². The van der Waals surface area contributed by atoms with E-state index in [9.17, 15) is 26.7 Å². The van der Waals surface area contributed by atoms with Crippen molar-refractivity contribution in [2.45, 2.75) is 35.4 Å². The van der Waals surface area contributed by atoms with E-state index in [1.54, 1.807) is 18.2 Å². The van der Waals surface area contributed by atoms with Crippen LogP contribution in [0.4, 0.5) is 18.9 Å². The number of halogens is 3. The normalized spacial score (nSPS) is 20.1. The number of aliphatic hydroxyl groups is 1. The lowest BCUT2D eigenvalue weighted by molar-refractivity contribution is -0.258. The van der Waals surface area contributed by atoms with E-state index in [-0.39, 0.29) is 23.5 Å². The molecule has 2 heterocycles. The highest BCUT2D eigenvalue weighted by Crippen LogP contribution is 2.40. The Morgan fingerprint density at radius 1 is 1.08 bits per heavy atom. The Kier molecular flexibility index (Phi) is 7.13. The number of hydrogen-bond donors (Lipinski definition) is 2. The van der Waals surface area contributed by atoms with Gasteiger partial charge in [-0.25, -0.2) is 8.42 Å². The third kappa shape index (κ3) is 5.10. The molecule has 1 atom stereocenters. The second kappa shape index (κ2) is 9.58. The molecule has 2 aromatic carbocycles. The summed E-state index contributed by atoms with van der Waals surface area (Å²) < 4.78 is 73.3. The number of rotatable bonds is 4. The molecule has 1 N–H and O–H groups in total. The molecule has 0 aromatic heterocycles. The van der Waals surface area contributed by atoms with Gasteiger partial charge in [0, 0.05) is 36.6 Å². The molecule has 2 aromatic rings. The molecular formula is C25H27F3N2O4S2. The van der Waals surface area contributed by atoms with E-state index in [2.05, 4.69) is 24.5 Å². The molecule has 6 nitrogen and oxygen atoms in total. The minimum Gasteiger partial charge on any atom is -0.378 e. The third-order valence-electron chi connectivity index (χ3n) is 6.51. The molecule has 2 aliphatic rings. The highest BCUT2D eigenvalue weighted by Gasteiger charge is 2.51. The first kappa shape index (κ1) is 26.8. The van der Waals surface area contributed by atoms with E-state index >= 15 is 0 Å². The SMILES string of the molecule is CC1(C#Cc2cc([C@@](C)(O)C(F)(F)F)ccc2N2CCN(S(=O)(=O)c3ccccc3S)CC2)COC1. The van der Waals surface area contributed by atoms with Crippen LogP contribution in [0.1, 0.15) is 25.0 Å². The summed E-state index contributed by atoms with van der Waals surface area (Å²) in [5.41, 5.74) is -2.84. The minimum atomic E-state index is -4.86. The Bertz CT molecular complexity index is 1300. The lowest BCUT2D eigenvalue weighted by Gasteiger charge is -2.36. The van der Waals surface area contributed by atoms with Crippen LogP contribution in [-0.2, 0) is 20.4 Å². The molecule has 0 unspecified atom stereocenters. The molecule has 0 radical (unpaired) electrons. The standard InChI is InChI=1S/C25H27F3N2O4S2/c1-23(16-34-17-23)10-9-18-15-19(24(2,31)25(26,27)28)7-8-20(18)29-11-13-30(14-12-29)36(32,33)22-6-4-3-5-21(22)35/h3-8,15,31,35H,11-14,16-17H2,1-2H3/t24-/m1/s1. The molecule has 0 aliphatic carbocycles. The van der Waals surface area contributed by atoms with Crippen LogP contribution in [0, 0.1) is 17.3 Å². The van der Waals surface area contributed by atoms with E-state index in [0.717, 1.165) is 0 Å². The highest BCUT2D eigenvalue weighted by atomic mass is 32.2. The van der Waals surface area contributed by atoms with Gasteiger partial charge in [-0.15, -0.1) is 12.6 Å². The number of ether oxygens (including phenoxy) is 1. The first-order valence-electron chi connectivity index (χ1n) is 11.3. The number of anilines is 1. The number of alkyl halides is 3. The van der Waals surface area contributed by atoms with Crippen LogP contribution in [0.5, 0.6) is 0 Å². The van der Waals surface area contributed by atoms with Crippen molar-refractivity contribution in [2.75, 3.05) is 44.3 Å². The predicted molar refractivity (Wildman–Crippen MR) is 133 cm³/mol. The monoisotopic (exact) mass is 540 g/mol. The zero-order chi connectivity index (χ0) is 26.4. The summed E-state index contributed by atoms with van der Waals surface area (Å²) in [6.07, 6.45) is -4.86. The molecule has 0 amide bonds. The zero-order valence-electron chi connectivity index (χ0n) is 19.8. The van der Waals surface area contributed by atoms with Gasteiger partial charge >= 0.3 is 6.18 Å². The average Bonchev–Trinajstić information content (AvgIpc) is 2.81. The van der Waals surface area contributed by atoms with E-state index in [1.165, 1.54) is 28.6 Å². The molecule has 0 bridgehead atoms. The van der Waals surface area contributed by atoms with Crippen LogP contribution >= 0.6 is 12.6 Å². The summed E-state index contributed by atoms with van der Waals surface area (Å²) in [4.78, 5) is 2.38. The molecule has 2 saturated heterocycles. The fourth-order valence-corrected chi connectivity index (χ4v) is 6.07. The summed E-state index contributed by atoms with van der Waals surface area (Å²) in [6, 6.07) is 10.5. The topological polar surface area (TPSA) is 70.1 Å². The Balaban J connectivity index is 1.62. The summed E-state index contributed by atoms with van der Waals surface area (Å²) >= 11 is 4.27. The van der Waals surface area contributed by atoms with Gasteiger partial charge in [-0.05, 0) is 43.7 Å². The minimum absolute atomic E-state index is 0.128.